The Balaban J connectivity index is 1.95. The van der Waals surface area contributed by atoms with Gasteiger partial charge in [0.2, 0.25) is 15.8 Å². The molecule has 3 nitrogen and oxygen atoms in total. The predicted molar refractivity (Wildman–Crippen MR) is 101 cm³/mol. The molecule has 2 rings (SSSR count). The van der Waals surface area contributed by atoms with Crippen LogP contribution in [0.1, 0.15) is 50.4 Å². The molecule has 128 valence electrons. The third-order valence-corrected chi connectivity index (χ3v) is 4.14. The van der Waals surface area contributed by atoms with Crippen molar-refractivity contribution in [3.8, 4) is 5.75 Å². The summed E-state index contributed by atoms with van der Waals surface area (Å²) >= 11 is 3.29. The summed E-state index contributed by atoms with van der Waals surface area (Å²) in [6, 6.07) is 11.2. The maximum Gasteiger partial charge on any atom is 0.228 e. The van der Waals surface area contributed by atoms with Gasteiger partial charge in [0.15, 0.2) is 0 Å². The van der Waals surface area contributed by atoms with Gasteiger partial charge < -0.3 is 9.15 Å². The summed E-state index contributed by atoms with van der Waals surface area (Å²) in [5.74, 6) is 0.744. The molecule has 0 aliphatic heterocycles. The summed E-state index contributed by atoms with van der Waals surface area (Å²) in [6.45, 7) is 2.53. The van der Waals surface area contributed by atoms with E-state index in [0.717, 1.165) is 18.4 Å². The Bertz CT molecular complexity index is 705. The van der Waals surface area contributed by atoms with Crippen LogP contribution in [-0.4, -0.2) is 0 Å². The van der Waals surface area contributed by atoms with Crippen LogP contribution in [0.25, 0.3) is 6.08 Å². The SMILES string of the molecule is CCCCCCC=Cc1cc(=O)c(OCc2ccccc2)c(Br)o1. The van der Waals surface area contributed by atoms with Crippen molar-refractivity contribution in [3.63, 3.8) is 0 Å². The van der Waals surface area contributed by atoms with Gasteiger partial charge in [0, 0.05) is 6.07 Å². The maximum absolute atomic E-state index is 12.2. The molecule has 4 heteroatoms. The molecule has 0 N–H and O–H groups in total. The van der Waals surface area contributed by atoms with Crippen molar-refractivity contribution in [2.75, 3.05) is 0 Å². The summed E-state index contributed by atoms with van der Waals surface area (Å²) < 4.78 is 11.5. The fourth-order valence-corrected chi connectivity index (χ4v) is 2.80. The maximum atomic E-state index is 12.2. The van der Waals surface area contributed by atoms with E-state index in [1.165, 1.54) is 25.3 Å². The smallest absolute Gasteiger partial charge is 0.228 e. The zero-order valence-corrected chi connectivity index (χ0v) is 15.6. The number of unbranched alkanes of at least 4 members (excludes halogenated alkanes) is 4. The summed E-state index contributed by atoms with van der Waals surface area (Å²) in [5, 5.41) is 0. The molecule has 0 saturated heterocycles. The molecular weight excluding hydrogens is 368 g/mol. The number of hydrogen-bond donors (Lipinski definition) is 0. The minimum absolute atomic E-state index is 0.185. The van der Waals surface area contributed by atoms with E-state index in [9.17, 15) is 4.79 Å². The fraction of sp³-hybridized carbons (Fsp3) is 0.350. The molecule has 0 aliphatic rings. The van der Waals surface area contributed by atoms with Crippen LogP contribution in [-0.2, 0) is 6.61 Å². The first-order valence-electron chi connectivity index (χ1n) is 8.37. The summed E-state index contributed by atoms with van der Waals surface area (Å²) in [5.41, 5.74) is 0.814. The van der Waals surface area contributed by atoms with Gasteiger partial charge in [-0.3, -0.25) is 4.79 Å². The van der Waals surface area contributed by atoms with Crippen LogP contribution in [0.5, 0.6) is 5.75 Å². The molecule has 1 aromatic heterocycles. The molecule has 0 atom stereocenters. The largest absolute Gasteiger partial charge is 0.481 e. The lowest BCUT2D eigenvalue weighted by molar-refractivity contribution is 0.286. The van der Waals surface area contributed by atoms with Gasteiger partial charge in [-0.1, -0.05) is 62.6 Å². The van der Waals surface area contributed by atoms with E-state index < -0.39 is 0 Å². The van der Waals surface area contributed by atoms with E-state index in [2.05, 4.69) is 22.9 Å². The standard InChI is InChI=1S/C20H23BrO3/c1-2-3-4-5-6-10-13-17-14-18(22)19(20(21)24-17)23-15-16-11-8-7-9-12-16/h7-14H,2-6,15H2,1H3. The Labute approximate surface area is 151 Å². The third kappa shape index (κ3) is 6.00. The molecule has 0 unspecified atom stereocenters. The summed E-state index contributed by atoms with van der Waals surface area (Å²) in [4.78, 5) is 12.2. The zero-order chi connectivity index (χ0) is 17.2. The predicted octanol–water partition coefficient (Wildman–Crippen LogP) is 5.96. The Morgan fingerprint density at radius 3 is 2.67 bits per heavy atom. The van der Waals surface area contributed by atoms with Gasteiger partial charge in [0.05, 0.1) is 0 Å². The molecule has 2 aromatic rings. The second-order valence-corrected chi connectivity index (χ2v) is 6.36. The van der Waals surface area contributed by atoms with Crippen LogP contribution in [0.15, 0.2) is 56.4 Å². The molecule has 0 aliphatic carbocycles. The molecule has 1 heterocycles. The van der Waals surface area contributed by atoms with Gasteiger partial charge in [0.1, 0.15) is 12.4 Å². The highest BCUT2D eigenvalue weighted by molar-refractivity contribution is 9.10. The van der Waals surface area contributed by atoms with Gasteiger partial charge in [-0.15, -0.1) is 0 Å². The van der Waals surface area contributed by atoms with E-state index in [1.807, 2.05) is 42.5 Å². The molecule has 0 spiro atoms. The Morgan fingerprint density at radius 1 is 1.17 bits per heavy atom. The molecule has 24 heavy (non-hydrogen) atoms. The summed E-state index contributed by atoms with van der Waals surface area (Å²) in [6.07, 6.45) is 9.78. The quantitative estimate of drug-likeness (QED) is 0.495. The molecule has 0 saturated carbocycles. The first-order chi connectivity index (χ1) is 11.7. The van der Waals surface area contributed by atoms with Crippen molar-refractivity contribution >= 4 is 22.0 Å². The molecular formula is C20H23BrO3. The second kappa shape index (κ2) is 10.1. The molecule has 1 aromatic carbocycles. The highest BCUT2D eigenvalue weighted by Gasteiger charge is 2.10. The van der Waals surface area contributed by atoms with Crippen molar-refractivity contribution in [3.05, 3.63) is 68.7 Å². The van der Waals surface area contributed by atoms with E-state index >= 15 is 0 Å². The van der Waals surface area contributed by atoms with E-state index in [1.54, 1.807) is 0 Å². The van der Waals surface area contributed by atoms with Crippen molar-refractivity contribution in [2.45, 2.75) is 45.6 Å². The zero-order valence-electron chi connectivity index (χ0n) is 14.0. The van der Waals surface area contributed by atoms with Gasteiger partial charge in [-0.2, -0.15) is 0 Å². The minimum Gasteiger partial charge on any atom is -0.481 e. The number of ether oxygens (including phenoxy) is 1. The topological polar surface area (TPSA) is 39.4 Å². The highest BCUT2D eigenvalue weighted by atomic mass is 79.9. The number of halogens is 1. The van der Waals surface area contributed by atoms with Crippen molar-refractivity contribution in [1.29, 1.82) is 0 Å². The van der Waals surface area contributed by atoms with Crippen LogP contribution in [0.3, 0.4) is 0 Å². The first-order valence-corrected chi connectivity index (χ1v) is 9.17. The lowest BCUT2D eigenvalue weighted by Crippen LogP contribution is -2.08. The average molecular weight is 391 g/mol. The molecule has 0 bridgehead atoms. The van der Waals surface area contributed by atoms with E-state index in [4.69, 9.17) is 9.15 Å². The van der Waals surface area contributed by atoms with Gasteiger partial charge in [-0.25, -0.2) is 0 Å². The van der Waals surface area contributed by atoms with Crippen LogP contribution in [0, 0.1) is 0 Å². The first kappa shape index (κ1) is 18.5. The fourth-order valence-electron chi connectivity index (χ4n) is 2.30. The third-order valence-electron chi connectivity index (χ3n) is 3.62. The molecule has 0 fully saturated rings. The molecule has 0 radical (unpaired) electrons. The lowest BCUT2D eigenvalue weighted by atomic mass is 10.1. The van der Waals surface area contributed by atoms with Crippen molar-refractivity contribution in [1.82, 2.24) is 0 Å². The van der Waals surface area contributed by atoms with E-state index in [0.29, 0.717) is 17.0 Å². The monoisotopic (exact) mass is 390 g/mol. The van der Waals surface area contributed by atoms with Crippen LogP contribution < -0.4 is 10.2 Å². The van der Waals surface area contributed by atoms with Gasteiger partial charge >= 0.3 is 0 Å². The van der Waals surface area contributed by atoms with E-state index in [-0.39, 0.29) is 11.2 Å². The minimum atomic E-state index is -0.185. The van der Waals surface area contributed by atoms with Crippen molar-refractivity contribution < 1.29 is 9.15 Å². The van der Waals surface area contributed by atoms with Crippen LogP contribution in [0.4, 0.5) is 0 Å². The number of benzene rings is 1. The van der Waals surface area contributed by atoms with Crippen LogP contribution in [0.2, 0.25) is 0 Å². The Kier molecular flexibility index (Phi) is 7.83. The number of rotatable bonds is 9. The van der Waals surface area contributed by atoms with Gasteiger partial charge in [-0.05, 0) is 40.4 Å². The van der Waals surface area contributed by atoms with Crippen molar-refractivity contribution in [2.24, 2.45) is 0 Å². The Hall–Kier alpha value is -1.81. The van der Waals surface area contributed by atoms with Crippen LogP contribution >= 0.6 is 15.9 Å². The van der Waals surface area contributed by atoms with Gasteiger partial charge in [0.25, 0.3) is 0 Å². The highest BCUT2D eigenvalue weighted by Crippen LogP contribution is 2.23. The molecule has 0 amide bonds. The second-order valence-electron chi connectivity index (χ2n) is 5.64. The lowest BCUT2D eigenvalue weighted by Gasteiger charge is -2.07. The Morgan fingerprint density at radius 2 is 1.96 bits per heavy atom. The average Bonchev–Trinajstić information content (AvgIpc) is 2.58. The normalized spacial score (nSPS) is 11.1. The number of hydrogen-bond acceptors (Lipinski definition) is 3. The summed E-state index contributed by atoms with van der Waals surface area (Å²) in [7, 11) is 0. The number of allylic oxidation sites excluding steroid dienone is 1.